The largest absolute Gasteiger partial charge is 0.505 e. The van der Waals surface area contributed by atoms with Gasteiger partial charge in [-0.05, 0) is 17.2 Å². The molecule has 1 aliphatic rings. The maximum Gasteiger partial charge on any atom is 0.146 e. The molecule has 0 radical (unpaired) electrons. The van der Waals surface area contributed by atoms with Crippen LogP contribution in [0.2, 0.25) is 0 Å². The van der Waals surface area contributed by atoms with Crippen LogP contribution in [0.5, 0.6) is 5.75 Å². The predicted molar refractivity (Wildman–Crippen MR) is 102 cm³/mol. The number of phenols is 1. The van der Waals surface area contributed by atoms with Crippen molar-refractivity contribution in [2.24, 2.45) is 0 Å². The summed E-state index contributed by atoms with van der Waals surface area (Å²) in [4.78, 5) is 6.69. The number of hydrogen-bond acceptors (Lipinski definition) is 5. The van der Waals surface area contributed by atoms with Crippen molar-refractivity contribution in [1.82, 2.24) is 9.88 Å². The van der Waals surface area contributed by atoms with Crippen molar-refractivity contribution in [3.63, 3.8) is 0 Å². The van der Waals surface area contributed by atoms with Gasteiger partial charge in [-0.2, -0.15) is 0 Å². The fourth-order valence-corrected chi connectivity index (χ4v) is 3.56. The molecule has 26 heavy (non-hydrogen) atoms. The zero-order valence-electron chi connectivity index (χ0n) is 14.4. The lowest BCUT2D eigenvalue weighted by Gasteiger charge is -2.35. The second-order valence-corrected chi connectivity index (χ2v) is 6.44. The van der Waals surface area contributed by atoms with Gasteiger partial charge in [-0.1, -0.05) is 42.5 Å². The van der Waals surface area contributed by atoms with Gasteiger partial charge >= 0.3 is 0 Å². The fourth-order valence-electron chi connectivity index (χ4n) is 3.56. The number of nitrogens with one attached hydrogen (secondary N) is 1. The number of rotatable bonds is 4. The molecule has 4 rings (SSSR count). The van der Waals surface area contributed by atoms with E-state index in [-0.39, 0.29) is 11.8 Å². The lowest BCUT2D eigenvalue weighted by atomic mass is 9.94. The highest BCUT2D eigenvalue weighted by atomic mass is 16.5. The van der Waals surface area contributed by atoms with Crippen LogP contribution < -0.4 is 0 Å². The zero-order chi connectivity index (χ0) is 17.9. The Kier molecular flexibility index (Phi) is 4.65. The minimum absolute atomic E-state index is 0.0786. The van der Waals surface area contributed by atoms with Crippen LogP contribution in [0.4, 0.5) is 0 Å². The summed E-state index contributed by atoms with van der Waals surface area (Å²) in [5.41, 5.74) is 3.42. The Morgan fingerprint density at radius 3 is 2.58 bits per heavy atom. The Balaban J connectivity index is 1.84. The number of hydrogen-bond donors (Lipinski definition) is 2. The van der Waals surface area contributed by atoms with Crippen LogP contribution in [-0.2, 0) is 4.74 Å². The first kappa shape index (κ1) is 16.7. The van der Waals surface area contributed by atoms with Crippen LogP contribution in [0, 0.1) is 5.41 Å². The van der Waals surface area contributed by atoms with Crippen molar-refractivity contribution in [1.29, 1.82) is 5.41 Å². The highest BCUT2D eigenvalue weighted by Gasteiger charge is 2.27. The third-order valence-corrected chi connectivity index (χ3v) is 4.90. The average molecular weight is 347 g/mol. The summed E-state index contributed by atoms with van der Waals surface area (Å²) < 4.78 is 5.51. The topological polar surface area (TPSA) is 69.4 Å². The van der Waals surface area contributed by atoms with E-state index in [0.29, 0.717) is 18.7 Å². The lowest BCUT2D eigenvalue weighted by Crippen LogP contribution is -2.39. The summed E-state index contributed by atoms with van der Waals surface area (Å²) in [6, 6.07) is 15.7. The van der Waals surface area contributed by atoms with E-state index >= 15 is 0 Å². The second-order valence-electron chi connectivity index (χ2n) is 6.44. The van der Waals surface area contributed by atoms with E-state index in [2.05, 4.69) is 9.88 Å². The van der Waals surface area contributed by atoms with Gasteiger partial charge in [0, 0.05) is 36.5 Å². The van der Waals surface area contributed by atoms with E-state index in [1.54, 1.807) is 6.20 Å². The molecule has 132 valence electrons. The first-order chi connectivity index (χ1) is 12.8. The first-order valence-electron chi connectivity index (χ1n) is 8.77. The molecular weight excluding hydrogens is 326 g/mol. The summed E-state index contributed by atoms with van der Waals surface area (Å²) in [7, 11) is 0. The SMILES string of the molecule is N=Cc1ccc(C(c2ccc3cccnc3c2O)N2CCOCC2)cc1. The smallest absolute Gasteiger partial charge is 0.146 e. The second kappa shape index (κ2) is 7.23. The Morgan fingerprint density at radius 1 is 1.08 bits per heavy atom. The van der Waals surface area contributed by atoms with Crippen LogP contribution >= 0.6 is 0 Å². The molecule has 3 aromatic rings. The quantitative estimate of drug-likeness (QED) is 0.710. The van der Waals surface area contributed by atoms with Crippen molar-refractivity contribution in [2.75, 3.05) is 26.3 Å². The van der Waals surface area contributed by atoms with Crippen LogP contribution in [0.15, 0.2) is 54.7 Å². The monoisotopic (exact) mass is 347 g/mol. The van der Waals surface area contributed by atoms with Crippen LogP contribution in [0.25, 0.3) is 10.9 Å². The number of nitrogens with zero attached hydrogens (tertiary/aromatic N) is 2. The minimum atomic E-state index is -0.0786. The lowest BCUT2D eigenvalue weighted by molar-refractivity contribution is 0.0236. The molecule has 2 N–H and O–H groups in total. The molecule has 1 fully saturated rings. The molecule has 0 aliphatic carbocycles. The van der Waals surface area contributed by atoms with E-state index in [1.807, 2.05) is 48.5 Å². The van der Waals surface area contributed by atoms with E-state index in [1.165, 1.54) is 6.21 Å². The normalized spacial score (nSPS) is 16.5. The van der Waals surface area contributed by atoms with Gasteiger partial charge in [0.25, 0.3) is 0 Å². The number of benzene rings is 2. The fraction of sp³-hybridized carbons (Fsp3) is 0.238. The molecule has 1 aliphatic heterocycles. The molecule has 2 heterocycles. The van der Waals surface area contributed by atoms with Gasteiger partial charge < -0.3 is 15.3 Å². The number of ether oxygens (including phenoxy) is 1. The number of morpholine rings is 1. The van der Waals surface area contributed by atoms with Crippen LogP contribution in [-0.4, -0.2) is 47.5 Å². The molecule has 1 saturated heterocycles. The summed E-state index contributed by atoms with van der Waals surface area (Å²) in [6.07, 6.45) is 3.04. The molecule has 1 atom stereocenters. The Morgan fingerprint density at radius 2 is 1.85 bits per heavy atom. The van der Waals surface area contributed by atoms with Crippen molar-refractivity contribution in [3.05, 3.63) is 71.4 Å². The molecule has 5 nitrogen and oxygen atoms in total. The molecule has 0 bridgehead atoms. The minimum Gasteiger partial charge on any atom is -0.505 e. The first-order valence-corrected chi connectivity index (χ1v) is 8.77. The van der Waals surface area contributed by atoms with E-state index in [9.17, 15) is 5.11 Å². The van der Waals surface area contributed by atoms with Gasteiger partial charge in [-0.15, -0.1) is 0 Å². The van der Waals surface area contributed by atoms with Crippen molar-refractivity contribution >= 4 is 17.1 Å². The van der Waals surface area contributed by atoms with Gasteiger partial charge in [0.15, 0.2) is 0 Å². The van der Waals surface area contributed by atoms with Gasteiger partial charge in [0.05, 0.1) is 19.3 Å². The molecule has 1 unspecified atom stereocenters. The molecular formula is C21H21N3O2. The number of fused-ring (bicyclic) bond motifs is 1. The molecule has 0 saturated carbocycles. The maximum absolute atomic E-state index is 11.0. The third-order valence-electron chi connectivity index (χ3n) is 4.90. The van der Waals surface area contributed by atoms with Crippen LogP contribution in [0.1, 0.15) is 22.7 Å². The summed E-state index contributed by atoms with van der Waals surface area (Å²) in [5.74, 6) is 0.232. The third kappa shape index (κ3) is 3.07. The van der Waals surface area contributed by atoms with Gasteiger partial charge in [-0.25, -0.2) is 0 Å². The molecule has 1 aromatic heterocycles. The zero-order valence-corrected chi connectivity index (χ0v) is 14.4. The highest BCUT2D eigenvalue weighted by Crippen LogP contribution is 2.38. The standard InChI is InChI=1S/C21H21N3O2/c22-14-15-3-5-17(6-4-15)20(24-10-12-26-13-11-24)18-8-7-16-2-1-9-23-19(16)21(18)25/h1-9,14,20,22,25H,10-13H2. The van der Waals surface area contributed by atoms with Gasteiger partial charge in [-0.3, -0.25) is 9.88 Å². The number of pyridine rings is 1. The summed E-state index contributed by atoms with van der Waals surface area (Å²) >= 11 is 0. The Bertz CT molecular complexity index is 918. The highest BCUT2D eigenvalue weighted by molar-refractivity contribution is 5.85. The van der Waals surface area contributed by atoms with Gasteiger partial charge in [0.2, 0.25) is 0 Å². The molecule has 2 aromatic carbocycles. The number of aromatic nitrogens is 1. The van der Waals surface area contributed by atoms with Crippen molar-refractivity contribution < 1.29 is 9.84 Å². The van der Waals surface area contributed by atoms with Crippen LogP contribution in [0.3, 0.4) is 0 Å². The summed E-state index contributed by atoms with van der Waals surface area (Å²) in [6.45, 7) is 2.97. The van der Waals surface area contributed by atoms with Crippen molar-refractivity contribution in [3.8, 4) is 5.75 Å². The van der Waals surface area contributed by atoms with E-state index in [0.717, 1.165) is 35.2 Å². The molecule has 5 heteroatoms. The van der Waals surface area contributed by atoms with Crippen molar-refractivity contribution in [2.45, 2.75) is 6.04 Å². The average Bonchev–Trinajstić information content (AvgIpc) is 2.71. The summed E-state index contributed by atoms with van der Waals surface area (Å²) in [5, 5.41) is 19.3. The van der Waals surface area contributed by atoms with E-state index in [4.69, 9.17) is 10.1 Å². The Hall–Kier alpha value is -2.76. The van der Waals surface area contributed by atoms with Gasteiger partial charge in [0.1, 0.15) is 11.3 Å². The number of aromatic hydroxyl groups is 1. The predicted octanol–water partition coefficient (Wildman–Crippen LogP) is 3.36. The number of phenolic OH excluding ortho intramolecular Hbond substituents is 1. The molecule has 0 spiro atoms. The molecule has 0 amide bonds. The van der Waals surface area contributed by atoms with E-state index < -0.39 is 0 Å². The maximum atomic E-state index is 11.0. The Labute approximate surface area is 152 Å².